The maximum atomic E-state index is 13.8. The van der Waals surface area contributed by atoms with Crippen LogP contribution in [0.3, 0.4) is 0 Å². The van der Waals surface area contributed by atoms with Crippen molar-refractivity contribution in [2.75, 3.05) is 0 Å². The average Bonchev–Trinajstić information content (AvgIpc) is 2.69. The van der Waals surface area contributed by atoms with Crippen LogP contribution in [-0.2, 0) is 18.1 Å². The Bertz CT molecular complexity index is 473. The van der Waals surface area contributed by atoms with Gasteiger partial charge in [-0.25, -0.2) is 0 Å². The van der Waals surface area contributed by atoms with Crippen LogP contribution in [0.2, 0.25) is 0 Å². The minimum Gasteiger partial charge on any atom is -0.391 e. The van der Waals surface area contributed by atoms with Crippen molar-refractivity contribution in [3.8, 4) is 0 Å². The molecule has 0 heterocycles. The number of allylic oxidation sites excluding steroid dienone is 6. The molecule has 4 nitrogen and oxygen atoms in total. The van der Waals surface area contributed by atoms with Crippen molar-refractivity contribution >= 4 is 7.82 Å². The van der Waals surface area contributed by atoms with E-state index in [-0.39, 0.29) is 0 Å². The van der Waals surface area contributed by atoms with Gasteiger partial charge in [-0.3, -0.25) is 0 Å². The Labute approximate surface area is 180 Å². The highest BCUT2D eigenvalue weighted by Gasteiger charge is 2.34. The first-order valence-corrected chi connectivity index (χ1v) is 13.2. The highest BCUT2D eigenvalue weighted by molar-refractivity contribution is 7.48. The molecule has 0 aromatic rings. The Morgan fingerprint density at radius 3 is 1.03 bits per heavy atom. The predicted octanol–water partition coefficient (Wildman–Crippen LogP) is 9.60. The summed E-state index contributed by atoms with van der Waals surface area (Å²) in [6.45, 7) is 12.6. The van der Waals surface area contributed by atoms with Crippen molar-refractivity contribution in [3.05, 3.63) is 35.5 Å². The van der Waals surface area contributed by atoms with Gasteiger partial charge in [0.05, 0.1) is 0 Å². The number of phosphoric acid groups is 1. The zero-order chi connectivity index (χ0) is 22.0. The van der Waals surface area contributed by atoms with Crippen molar-refractivity contribution in [2.24, 2.45) is 0 Å². The van der Waals surface area contributed by atoms with E-state index in [4.69, 9.17) is 13.6 Å². The molecule has 29 heavy (non-hydrogen) atoms. The van der Waals surface area contributed by atoms with Crippen molar-refractivity contribution in [2.45, 2.75) is 119 Å². The lowest BCUT2D eigenvalue weighted by Crippen LogP contribution is -2.02. The van der Waals surface area contributed by atoms with Crippen LogP contribution >= 0.6 is 7.82 Å². The molecule has 170 valence electrons. The van der Waals surface area contributed by atoms with Gasteiger partial charge in [-0.15, -0.1) is 0 Å². The summed E-state index contributed by atoms with van der Waals surface area (Å²) in [7, 11) is -3.80. The van der Waals surface area contributed by atoms with Gasteiger partial charge in [0.1, 0.15) is 17.3 Å². The molecule has 0 radical (unpaired) electrons. The van der Waals surface area contributed by atoms with Crippen LogP contribution in [0, 0.1) is 0 Å². The van der Waals surface area contributed by atoms with Crippen LogP contribution < -0.4 is 0 Å². The molecule has 0 aliphatic carbocycles. The molecule has 0 aromatic carbocycles. The Morgan fingerprint density at radius 2 is 0.828 bits per heavy atom. The number of hydrogen-bond donors (Lipinski definition) is 0. The molecule has 0 rings (SSSR count). The molecular formula is C24H45O4P. The Kier molecular flexibility index (Phi) is 17.0. The van der Waals surface area contributed by atoms with E-state index < -0.39 is 7.82 Å². The smallest absolute Gasteiger partial charge is 0.391 e. The Hall–Kier alpha value is -1.15. The van der Waals surface area contributed by atoms with Crippen LogP contribution in [-0.4, -0.2) is 0 Å². The minimum atomic E-state index is -3.80. The lowest BCUT2D eigenvalue weighted by atomic mass is 10.2. The monoisotopic (exact) mass is 428 g/mol. The van der Waals surface area contributed by atoms with Gasteiger partial charge in [-0.05, 0) is 56.8 Å². The molecule has 0 bridgehead atoms. The number of phosphoric ester groups is 1. The van der Waals surface area contributed by atoms with E-state index in [0.29, 0.717) is 17.3 Å². The van der Waals surface area contributed by atoms with Crippen LogP contribution in [0.15, 0.2) is 35.5 Å². The average molecular weight is 429 g/mol. The number of rotatable bonds is 18. The summed E-state index contributed by atoms with van der Waals surface area (Å²) in [5.74, 6) is 2.11. The van der Waals surface area contributed by atoms with E-state index in [2.05, 4.69) is 41.5 Å². The first-order chi connectivity index (χ1) is 14.0. The van der Waals surface area contributed by atoms with Crippen LogP contribution in [0.4, 0.5) is 0 Å². The fourth-order valence-electron chi connectivity index (χ4n) is 2.70. The first-order valence-electron chi connectivity index (χ1n) is 11.7. The number of hydrogen-bond acceptors (Lipinski definition) is 4. The molecule has 0 unspecified atom stereocenters. The van der Waals surface area contributed by atoms with E-state index in [1.165, 1.54) is 0 Å². The highest BCUT2D eigenvalue weighted by atomic mass is 31.2. The van der Waals surface area contributed by atoms with Gasteiger partial charge >= 0.3 is 7.82 Å². The van der Waals surface area contributed by atoms with Gasteiger partial charge < -0.3 is 13.6 Å². The summed E-state index contributed by atoms with van der Waals surface area (Å²) in [4.78, 5) is 0. The zero-order valence-electron chi connectivity index (χ0n) is 19.8. The molecule has 0 saturated carbocycles. The summed E-state index contributed by atoms with van der Waals surface area (Å²) in [6, 6.07) is 0. The summed E-state index contributed by atoms with van der Waals surface area (Å²) < 4.78 is 31.7. The lowest BCUT2D eigenvalue weighted by Gasteiger charge is -2.23. The Balaban J connectivity index is 5.81. The van der Waals surface area contributed by atoms with Crippen molar-refractivity contribution in [1.29, 1.82) is 0 Å². The summed E-state index contributed by atoms with van der Waals surface area (Å²) >= 11 is 0. The molecule has 5 heteroatoms. The predicted molar refractivity (Wildman–Crippen MR) is 125 cm³/mol. The van der Waals surface area contributed by atoms with Gasteiger partial charge in [0.25, 0.3) is 0 Å². The van der Waals surface area contributed by atoms with Crippen molar-refractivity contribution in [1.82, 2.24) is 0 Å². The molecule has 0 fully saturated rings. The van der Waals surface area contributed by atoms with E-state index in [1.807, 2.05) is 18.2 Å². The minimum absolute atomic E-state index is 0.704. The molecule has 0 N–H and O–H groups in total. The van der Waals surface area contributed by atoms with Gasteiger partial charge in [0, 0.05) is 19.3 Å². The quantitative estimate of drug-likeness (QED) is 0.161. The van der Waals surface area contributed by atoms with Gasteiger partial charge in [0.2, 0.25) is 0 Å². The van der Waals surface area contributed by atoms with Crippen LogP contribution in [0.25, 0.3) is 0 Å². The molecule has 0 aliphatic rings. The third kappa shape index (κ3) is 13.7. The standard InChI is InChI=1S/C24H45O4P/c1-7-13-19-22(16-10-4)26-29(25,27-23(17-11-5)20-14-8-2)28-24(18-12-6)21-15-9-3/h19-21H,7-18H2,1-6H3/b22-19-,23-20-,24-21-. The second kappa shape index (κ2) is 17.7. The maximum absolute atomic E-state index is 13.8. The van der Waals surface area contributed by atoms with Gasteiger partial charge in [0.15, 0.2) is 0 Å². The maximum Gasteiger partial charge on any atom is 0.646 e. The highest BCUT2D eigenvalue weighted by Crippen LogP contribution is 2.56. The first kappa shape index (κ1) is 27.8. The second-order valence-corrected chi connectivity index (χ2v) is 8.79. The van der Waals surface area contributed by atoms with E-state index in [1.54, 1.807) is 0 Å². The third-order valence-corrected chi connectivity index (χ3v) is 5.53. The van der Waals surface area contributed by atoms with E-state index >= 15 is 0 Å². The molecule has 0 spiro atoms. The zero-order valence-corrected chi connectivity index (χ0v) is 20.7. The molecule has 0 saturated heterocycles. The van der Waals surface area contributed by atoms with E-state index in [0.717, 1.165) is 77.0 Å². The topological polar surface area (TPSA) is 44.8 Å². The largest absolute Gasteiger partial charge is 0.646 e. The molecule has 0 aromatic heterocycles. The summed E-state index contributed by atoms with van der Waals surface area (Å²) in [5.41, 5.74) is 0. The fraction of sp³-hybridized carbons (Fsp3) is 0.750. The third-order valence-electron chi connectivity index (χ3n) is 4.16. The molecule has 0 atom stereocenters. The normalized spacial score (nSPS) is 13.5. The SMILES string of the molecule is CCC/C=C(/CCC)OP(=O)(O/C(=C\CCC)CCC)O/C(=C\CCC)CCC. The van der Waals surface area contributed by atoms with Crippen molar-refractivity contribution < 1.29 is 18.1 Å². The lowest BCUT2D eigenvalue weighted by molar-refractivity contribution is 0.181. The van der Waals surface area contributed by atoms with Gasteiger partial charge in [-0.2, -0.15) is 4.57 Å². The molecule has 0 amide bonds. The molecular weight excluding hydrogens is 383 g/mol. The van der Waals surface area contributed by atoms with E-state index in [9.17, 15) is 4.57 Å². The van der Waals surface area contributed by atoms with Gasteiger partial charge in [-0.1, -0.05) is 60.8 Å². The summed E-state index contributed by atoms with van der Waals surface area (Å²) in [6.07, 6.45) is 16.7. The Morgan fingerprint density at radius 1 is 0.552 bits per heavy atom. The molecule has 0 aliphatic heterocycles. The number of unbranched alkanes of at least 4 members (excludes halogenated alkanes) is 3. The fourth-order valence-corrected chi connectivity index (χ4v) is 4.17. The summed E-state index contributed by atoms with van der Waals surface area (Å²) in [5, 5.41) is 0. The van der Waals surface area contributed by atoms with Crippen molar-refractivity contribution in [3.63, 3.8) is 0 Å². The van der Waals surface area contributed by atoms with Crippen LogP contribution in [0.5, 0.6) is 0 Å². The van der Waals surface area contributed by atoms with Crippen LogP contribution in [0.1, 0.15) is 119 Å². The second-order valence-electron chi connectivity index (χ2n) is 7.35.